The van der Waals surface area contributed by atoms with Crippen molar-refractivity contribution in [2.45, 2.75) is 35.2 Å². The zero-order valence-corrected chi connectivity index (χ0v) is 11.7. The van der Waals surface area contributed by atoms with Crippen molar-refractivity contribution in [1.82, 2.24) is 5.32 Å². The SMILES string of the molecule is Fc1ccccc1Sc1ccc(CNC2CC2)cc1F. The highest BCUT2D eigenvalue weighted by Crippen LogP contribution is 2.32. The maximum absolute atomic E-state index is 14.0. The number of nitrogens with one attached hydrogen (secondary N) is 1. The summed E-state index contributed by atoms with van der Waals surface area (Å²) >= 11 is 1.12. The van der Waals surface area contributed by atoms with E-state index in [1.165, 1.54) is 25.0 Å². The van der Waals surface area contributed by atoms with Gasteiger partial charge in [-0.05, 0) is 42.7 Å². The molecule has 0 aliphatic heterocycles. The summed E-state index contributed by atoms with van der Waals surface area (Å²) < 4.78 is 27.6. The predicted octanol–water partition coefficient (Wildman–Crippen LogP) is 4.37. The Morgan fingerprint density at radius 2 is 1.75 bits per heavy atom. The van der Waals surface area contributed by atoms with Gasteiger partial charge >= 0.3 is 0 Å². The Kier molecular flexibility index (Phi) is 4.03. The molecule has 1 N–H and O–H groups in total. The van der Waals surface area contributed by atoms with E-state index in [9.17, 15) is 8.78 Å². The van der Waals surface area contributed by atoms with Crippen LogP contribution in [0.4, 0.5) is 8.78 Å². The third-order valence-electron chi connectivity index (χ3n) is 3.23. The van der Waals surface area contributed by atoms with Crippen LogP contribution >= 0.6 is 11.8 Å². The van der Waals surface area contributed by atoms with Gasteiger partial charge in [-0.15, -0.1) is 0 Å². The van der Waals surface area contributed by atoms with Crippen LogP contribution in [-0.2, 0) is 6.54 Å². The number of hydrogen-bond donors (Lipinski definition) is 1. The minimum atomic E-state index is -0.323. The first-order valence-electron chi connectivity index (χ1n) is 6.66. The lowest BCUT2D eigenvalue weighted by atomic mass is 10.2. The van der Waals surface area contributed by atoms with E-state index in [2.05, 4.69) is 5.32 Å². The number of halogens is 2. The zero-order chi connectivity index (χ0) is 13.9. The first-order valence-corrected chi connectivity index (χ1v) is 7.48. The summed E-state index contributed by atoms with van der Waals surface area (Å²) in [5, 5.41) is 3.34. The molecule has 4 heteroatoms. The van der Waals surface area contributed by atoms with Gasteiger partial charge in [-0.3, -0.25) is 0 Å². The van der Waals surface area contributed by atoms with E-state index in [-0.39, 0.29) is 11.6 Å². The number of hydrogen-bond acceptors (Lipinski definition) is 2. The fourth-order valence-electron chi connectivity index (χ4n) is 1.93. The standard InChI is InChI=1S/C16H15F2NS/c17-13-3-1-2-4-15(13)20-16-8-5-11(9-14(16)18)10-19-12-6-7-12/h1-5,8-9,12,19H,6-7,10H2. The van der Waals surface area contributed by atoms with Crippen LogP contribution in [0.3, 0.4) is 0 Å². The van der Waals surface area contributed by atoms with Crippen molar-refractivity contribution in [2.75, 3.05) is 0 Å². The fraction of sp³-hybridized carbons (Fsp3) is 0.250. The number of benzene rings is 2. The molecular formula is C16H15F2NS. The molecule has 0 aromatic heterocycles. The normalized spacial score (nSPS) is 14.5. The Labute approximate surface area is 121 Å². The van der Waals surface area contributed by atoms with Gasteiger partial charge in [0.15, 0.2) is 0 Å². The Morgan fingerprint density at radius 3 is 2.45 bits per heavy atom. The van der Waals surface area contributed by atoms with Gasteiger partial charge in [-0.2, -0.15) is 0 Å². The van der Waals surface area contributed by atoms with Crippen LogP contribution in [0.1, 0.15) is 18.4 Å². The molecule has 0 atom stereocenters. The van der Waals surface area contributed by atoms with Crippen LogP contribution in [0.25, 0.3) is 0 Å². The summed E-state index contributed by atoms with van der Waals surface area (Å²) in [7, 11) is 0. The monoisotopic (exact) mass is 291 g/mol. The van der Waals surface area contributed by atoms with Crippen LogP contribution < -0.4 is 5.32 Å². The molecule has 0 amide bonds. The maximum Gasteiger partial charge on any atom is 0.137 e. The quantitative estimate of drug-likeness (QED) is 0.878. The average Bonchev–Trinajstić information content (AvgIpc) is 3.26. The smallest absolute Gasteiger partial charge is 0.137 e. The molecule has 1 aliphatic carbocycles. The van der Waals surface area contributed by atoms with Crippen LogP contribution in [-0.4, -0.2) is 6.04 Å². The van der Waals surface area contributed by atoms with Crippen molar-refractivity contribution >= 4 is 11.8 Å². The summed E-state index contributed by atoms with van der Waals surface area (Å²) in [5.74, 6) is -0.621. The molecule has 2 aromatic carbocycles. The van der Waals surface area contributed by atoms with Crippen molar-refractivity contribution in [3.8, 4) is 0 Å². The molecule has 20 heavy (non-hydrogen) atoms. The van der Waals surface area contributed by atoms with Crippen LogP contribution in [0, 0.1) is 11.6 Å². The molecule has 1 aliphatic rings. The first-order chi connectivity index (χ1) is 9.72. The van der Waals surface area contributed by atoms with Crippen molar-refractivity contribution < 1.29 is 8.78 Å². The summed E-state index contributed by atoms with van der Waals surface area (Å²) in [6.07, 6.45) is 2.42. The summed E-state index contributed by atoms with van der Waals surface area (Å²) in [5.41, 5.74) is 0.923. The van der Waals surface area contributed by atoms with E-state index in [1.807, 2.05) is 6.07 Å². The van der Waals surface area contributed by atoms with Crippen LogP contribution in [0.5, 0.6) is 0 Å². The lowest BCUT2D eigenvalue weighted by molar-refractivity contribution is 0.591. The zero-order valence-electron chi connectivity index (χ0n) is 10.9. The van der Waals surface area contributed by atoms with Gasteiger partial charge in [0, 0.05) is 22.4 Å². The molecule has 0 bridgehead atoms. The second-order valence-corrected chi connectivity index (χ2v) is 6.04. The molecule has 1 fully saturated rings. The highest BCUT2D eigenvalue weighted by Gasteiger charge is 2.20. The Bertz CT molecular complexity index is 611. The highest BCUT2D eigenvalue weighted by atomic mass is 32.2. The molecule has 0 radical (unpaired) electrons. The Balaban J connectivity index is 1.71. The summed E-state index contributed by atoms with van der Waals surface area (Å²) in [6, 6.07) is 12.2. The third-order valence-corrected chi connectivity index (χ3v) is 4.33. The fourth-order valence-corrected chi connectivity index (χ4v) is 2.77. The van der Waals surface area contributed by atoms with E-state index in [0.29, 0.717) is 22.4 Å². The highest BCUT2D eigenvalue weighted by molar-refractivity contribution is 7.99. The van der Waals surface area contributed by atoms with Crippen LogP contribution in [0.2, 0.25) is 0 Å². The molecule has 0 unspecified atom stereocenters. The van der Waals surface area contributed by atoms with E-state index in [1.54, 1.807) is 24.3 Å². The topological polar surface area (TPSA) is 12.0 Å². The molecule has 3 rings (SSSR count). The molecule has 2 aromatic rings. The molecule has 0 saturated heterocycles. The molecule has 0 spiro atoms. The van der Waals surface area contributed by atoms with Gasteiger partial charge in [0.05, 0.1) is 0 Å². The minimum absolute atomic E-state index is 0.298. The van der Waals surface area contributed by atoms with Gasteiger partial charge in [0.25, 0.3) is 0 Å². The van der Waals surface area contributed by atoms with Crippen LogP contribution in [0.15, 0.2) is 52.3 Å². The maximum atomic E-state index is 14.0. The lowest BCUT2D eigenvalue weighted by Gasteiger charge is -2.07. The Morgan fingerprint density at radius 1 is 1.00 bits per heavy atom. The number of rotatable bonds is 5. The predicted molar refractivity (Wildman–Crippen MR) is 76.8 cm³/mol. The van der Waals surface area contributed by atoms with Gasteiger partial charge in [-0.1, -0.05) is 30.0 Å². The van der Waals surface area contributed by atoms with E-state index in [4.69, 9.17) is 0 Å². The molecule has 0 heterocycles. The van der Waals surface area contributed by atoms with E-state index < -0.39 is 0 Å². The summed E-state index contributed by atoms with van der Waals surface area (Å²) in [4.78, 5) is 0.889. The van der Waals surface area contributed by atoms with Crippen molar-refractivity contribution in [2.24, 2.45) is 0 Å². The molecule has 1 saturated carbocycles. The van der Waals surface area contributed by atoms with Gasteiger partial charge in [0.2, 0.25) is 0 Å². The third kappa shape index (κ3) is 3.38. The van der Waals surface area contributed by atoms with Gasteiger partial charge in [0.1, 0.15) is 11.6 Å². The lowest BCUT2D eigenvalue weighted by Crippen LogP contribution is -2.15. The van der Waals surface area contributed by atoms with E-state index in [0.717, 1.165) is 17.3 Å². The molecule has 1 nitrogen and oxygen atoms in total. The second-order valence-electron chi connectivity index (χ2n) is 4.95. The van der Waals surface area contributed by atoms with Gasteiger partial charge < -0.3 is 5.32 Å². The largest absolute Gasteiger partial charge is 0.310 e. The average molecular weight is 291 g/mol. The van der Waals surface area contributed by atoms with Gasteiger partial charge in [-0.25, -0.2) is 8.78 Å². The Hall–Kier alpha value is -1.39. The van der Waals surface area contributed by atoms with Crippen molar-refractivity contribution in [3.63, 3.8) is 0 Å². The minimum Gasteiger partial charge on any atom is -0.310 e. The van der Waals surface area contributed by atoms with Crippen molar-refractivity contribution in [1.29, 1.82) is 0 Å². The first kappa shape index (κ1) is 13.6. The summed E-state index contributed by atoms with van der Waals surface area (Å²) in [6.45, 7) is 0.687. The molecule has 104 valence electrons. The second kappa shape index (κ2) is 5.94. The van der Waals surface area contributed by atoms with E-state index >= 15 is 0 Å². The van der Waals surface area contributed by atoms with Crippen molar-refractivity contribution in [3.05, 3.63) is 59.7 Å². The molecular weight excluding hydrogens is 276 g/mol.